The van der Waals surface area contributed by atoms with Gasteiger partial charge >= 0.3 is 0 Å². The smallest absolute Gasteiger partial charge is 0.262 e. The van der Waals surface area contributed by atoms with Crippen molar-refractivity contribution in [3.63, 3.8) is 0 Å². The van der Waals surface area contributed by atoms with Gasteiger partial charge in [0.1, 0.15) is 11.1 Å². The Kier molecular flexibility index (Phi) is 6.91. The number of nitrogens with zero attached hydrogens (tertiary/aromatic N) is 1. The van der Waals surface area contributed by atoms with E-state index in [1.807, 2.05) is 62.4 Å². The summed E-state index contributed by atoms with van der Waals surface area (Å²) in [5.41, 5.74) is 4.53. The zero-order valence-electron chi connectivity index (χ0n) is 19.7. The predicted molar refractivity (Wildman–Crippen MR) is 138 cm³/mol. The van der Waals surface area contributed by atoms with Crippen LogP contribution in [0.3, 0.4) is 0 Å². The van der Waals surface area contributed by atoms with Gasteiger partial charge in [0.25, 0.3) is 10.0 Å². The summed E-state index contributed by atoms with van der Waals surface area (Å²) in [6, 6.07) is 18.4. The first-order valence-corrected chi connectivity index (χ1v) is 13.6. The normalized spacial score (nSPS) is 16.1. The summed E-state index contributed by atoms with van der Waals surface area (Å²) in [5.74, 6) is 1.12. The van der Waals surface area contributed by atoms with E-state index in [-0.39, 0.29) is 11.3 Å². The number of rotatable bonds is 7. The summed E-state index contributed by atoms with van der Waals surface area (Å²) >= 11 is 1.52. The molecule has 0 unspecified atom stereocenters. The zero-order valence-corrected chi connectivity index (χ0v) is 21.3. The monoisotopic (exact) mass is 496 g/mol. The van der Waals surface area contributed by atoms with Crippen LogP contribution in [0.5, 0.6) is 5.75 Å². The average molecular weight is 497 g/mol. The fourth-order valence-electron chi connectivity index (χ4n) is 4.37. The lowest BCUT2D eigenvalue weighted by Crippen LogP contribution is -2.27. The molecule has 0 radical (unpaired) electrons. The van der Waals surface area contributed by atoms with Gasteiger partial charge in [0.15, 0.2) is 0 Å². The second-order valence-electron chi connectivity index (χ2n) is 8.31. The molecule has 1 atom stereocenters. The Balaban J connectivity index is 1.62. The van der Waals surface area contributed by atoms with Gasteiger partial charge in [-0.05, 0) is 80.8 Å². The summed E-state index contributed by atoms with van der Waals surface area (Å²) in [6.45, 7) is 8.06. The first-order chi connectivity index (χ1) is 16.2. The van der Waals surface area contributed by atoms with E-state index >= 15 is 0 Å². The van der Waals surface area contributed by atoms with Crippen LogP contribution in [0, 0.1) is 20.8 Å². The maximum atomic E-state index is 13.2. The maximum absolute atomic E-state index is 13.2. The number of carbonyl (C=O) groups excluding carboxylic acids is 1. The maximum Gasteiger partial charge on any atom is 0.262 e. The molecule has 8 heteroatoms. The molecule has 6 nitrogen and oxygen atoms in total. The molecule has 0 aromatic heterocycles. The topological polar surface area (TPSA) is 75.7 Å². The van der Waals surface area contributed by atoms with Crippen LogP contribution in [0.15, 0.2) is 65.6 Å². The molecule has 0 aliphatic carbocycles. The molecule has 3 aromatic carbocycles. The van der Waals surface area contributed by atoms with Gasteiger partial charge in [-0.2, -0.15) is 0 Å². The van der Waals surface area contributed by atoms with Crippen LogP contribution in [-0.4, -0.2) is 26.7 Å². The summed E-state index contributed by atoms with van der Waals surface area (Å²) in [7, 11) is -3.77. The van der Waals surface area contributed by atoms with Crippen LogP contribution in [0.25, 0.3) is 0 Å². The third-order valence-electron chi connectivity index (χ3n) is 5.59. The third-order valence-corrected chi connectivity index (χ3v) is 8.49. The number of hydrogen-bond acceptors (Lipinski definition) is 5. The van der Waals surface area contributed by atoms with Gasteiger partial charge in [-0.3, -0.25) is 14.4 Å². The second-order valence-corrected chi connectivity index (χ2v) is 11.0. The molecule has 1 amide bonds. The highest BCUT2D eigenvalue weighted by molar-refractivity contribution is 8.00. The van der Waals surface area contributed by atoms with E-state index in [0.717, 1.165) is 22.6 Å². The van der Waals surface area contributed by atoms with E-state index in [1.165, 1.54) is 11.8 Å². The Morgan fingerprint density at radius 3 is 2.35 bits per heavy atom. The van der Waals surface area contributed by atoms with E-state index < -0.39 is 10.0 Å². The van der Waals surface area contributed by atoms with Gasteiger partial charge in [0, 0.05) is 11.4 Å². The van der Waals surface area contributed by atoms with Crippen molar-refractivity contribution in [2.24, 2.45) is 0 Å². The summed E-state index contributed by atoms with van der Waals surface area (Å²) < 4.78 is 34.7. The quantitative estimate of drug-likeness (QED) is 0.461. The number of sulfonamides is 1. The first kappa shape index (κ1) is 24.2. The van der Waals surface area contributed by atoms with Crippen molar-refractivity contribution in [2.45, 2.75) is 38.0 Å². The standard InChI is InChI=1S/C26H28N2O4S2/c1-5-32-23-11-9-22(10-12-23)28-24(29)16-33-26(28)20-7-6-8-21(15-20)27-34(30,31)25-18(3)13-17(2)14-19(25)4/h6-15,26-27H,5,16H2,1-4H3/t26-/m0/s1. The highest BCUT2D eigenvalue weighted by atomic mass is 32.2. The van der Waals surface area contributed by atoms with E-state index in [2.05, 4.69) is 4.72 Å². The van der Waals surface area contributed by atoms with E-state index in [0.29, 0.717) is 34.1 Å². The Labute approximate surface area is 205 Å². The number of carbonyl (C=O) groups is 1. The molecular weight excluding hydrogens is 468 g/mol. The molecule has 1 aliphatic rings. The van der Waals surface area contributed by atoms with Crippen molar-refractivity contribution in [1.82, 2.24) is 0 Å². The Bertz CT molecular complexity index is 1300. The molecule has 1 aliphatic heterocycles. The summed E-state index contributed by atoms with van der Waals surface area (Å²) in [4.78, 5) is 14.8. The van der Waals surface area contributed by atoms with Crippen molar-refractivity contribution >= 4 is 39.1 Å². The molecular formula is C26H28N2O4S2. The van der Waals surface area contributed by atoms with Crippen LogP contribution in [0.1, 0.15) is 34.6 Å². The fourth-order valence-corrected chi connectivity index (χ4v) is 7.04. The molecule has 1 N–H and O–H groups in total. The number of aryl methyl sites for hydroxylation is 3. The lowest BCUT2D eigenvalue weighted by molar-refractivity contribution is -0.115. The van der Waals surface area contributed by atoms with Crippen molar-refractivity contribution < 1.29 is 17.9 Å². The van der Waals surface area contributed by atoms with E-state index in [4.69, 9.17) is 4.74 Å². The molecule has 3 aromatic rings. The minimum atomic E-state index is -3.77. The van der Waals surface area contributed by atoms with E-state index in [9.17, 15) is 13.2 Å². The molecule has 0 spiro atoms. The van der Waals surface area contributed by atoms with Gasteiger partial charge in [-0.25, -0.2) is 8.42 Å². The lowest BCUT2D eigenvalue weighted by Gasteiger charge is -2.25. The van der Waals surface area contributed by atoms with Crippen molar-refractivity contribution in [3.8, 4) is 5.75 Å². The highest BCUT2D eigenvalue weighted by Gasteiger charge is 2.34. The first-order valence-electron chi connectivity index (χ1n) is 11.1. The molecule has 1 fully saturated rings. The third kappa shape index (κ3) is 4.93. The number of amides is 1. The minimum Gasteiger partial charge on any atom is -0.494 e. The number of benzene rings is 3. The van der Waals surface area contributed by atoms with Crippen LogP contribution in [-0.2, 0) is 14.8 Å². The molecule has 34 heavy (non-hydrogen) atoms. The largest absolute Gasteiger partial charge is 0.494 e. The van der Waals surface area contributed by atoms with Gasteiger partial charge in [-0.1, -0.05) is 29.8 Å². The number of ether oxygens (including phenoxy) is 1. The lowest BCUT2D eigenvalue weighted by atomic mass is 10.1. The van der Waals surface area contributed by atoms with Crippen LogP contribution in [0.4, 0.5) is 11.4 Å². The molecule has 4 rings (SSSR count). The van der Waals surface area contributed by atoms with Gasteiger partial charge in [0.05, 0.1) is 17.3 Å². The van der Waals surface area contributed by atoms with Crippen molar-refractivity contribution in [3.05, 3.63) is 82.9 Å². The number of thioether (sulfide) groups is 1. The Morgan fingerprint density at radius 2 is 1.71 bits per heavy atom. The summed E-state index contributed by atoms with van der Waals surface area (Å²) in [6.07, 6.45) is 0. The van der Waals surface area contributed by atoms with Gasteiger partial charge in [0.2, 0.25) is 5.91 Å². The van der Waals surface area contributed by atoms with Crippen LogP contribution < -0.4 is 14.4 Å². The minimum absolute atomic E-state index is 0.0102. The molecule has 1 heterocycles. The zero-order chi connectivity index (χ0) is 24.5. The molecule has 178 valence electrons. The highest BCUT2D eigenvalue weighted by Crippen LogP contribution is 2.42. The average Bonchev–Trinajstić information content (AvgIpc) is 3.15. The van der Waals surface area contributed by atoms with Crippen LogP contribution in [0.2, 0.25) is 0 Å². The van der Waals surface area contributed by atoms with Crippen molar-refractivity contribution in [2.75, 3.05) is 22.0 Å². The predicted octanol–water partition coefficient (Wildman–Crippen LogP) is 5.59. The molecule has 1 saturated heterocycles. The number of anilines is 2. The van der Waals surface area contributed by atoms with Crippen LogP contribution >= 0.6 is 11.8 Å². The molecule has 0 bridgehead atoms. The number of nitrogens with one attached hydrogen (secondary N) is 1. The Hall–Kier alpha value is -2.97. The van der Waals surface area contributed by atoms with Gasteiger partial charge < -0.3 is 4.74 Å². The van der Waals surface area contributed by atoms with Crippen molar-refractivity contribution in [1.29, 1.82) is 0 Å². The SMILES string of the molecule is CCOc1ccc(N2C(=O)CS[C@H]2c2cccc(NS(=O)(=O)c3c(C)cc(C)cc3C)c2)cc1. The van der Waals surface area contributed by atoms with Gasteiger partial charge in [-0.15, -0.1) is 11.8 Å². The Morgan fingerprint density at radius 1 is 1.03 bits per heavy atom. The fraction of sp³-hybridized carbons (Fsp3) is 0.269. The molecule has 0 saturated carbocycles. The second kappa shape index (κ2) is 9.72. The summed E-state index contributed by atoms with van der Waals surface area (Å²) in [5, 5.41) is -0.252. The number of hydrogen-bond donors (Lipinski definition) is 1. The van der Waals surface area contributed by atoms with E-state index in [1.54, 1.807) is 30.9 Å².